The normalized spacial score (nSPS) is 30.4. The second-order valence-corrected chi connectivity index (χ2v) is 8.26. The van der Waals surface area contributed by atoms with E-state index in [1.54, 1.807) is 15.5 Å². The summed E-state index contributed by atoms with van der Waals surface area (Å²) in [6, 6.07) is 5.26. The molecule has 4 heterocycles. The molecule has 3 aliphatic heterocycles. The molecule has 1 aromatic heterocycles. The summed E-state index contributed by atoms with van der Waals surface area (Å²) in [7, 11) is 0. The summed E-state index contributed by atoms with van der Waals surface area (Å²) in [4.78, 5) is 39.5. The summed E-state index contributed by atoms with van der Waals surface area (Å²) < 4.78 is 7.80. The van der Waals surface area contributed by atoms with Crippen LogP contribution in [0.25, 0.3) is 0 Å². The van der Waals surface area contributed by atoms with E-state index in [1.165, 1.54) is 6.07 Å². The van der Waals surface area contributed by atoms with Gasteiger partial charge in [-0.15, -0.1) is 0 Å². The van der Waals surface area contributed by atoms with E-state index in [0.29, 0.717) is 26.1 Å². The first-order chi connectivity index (χ1) is 13.3. The van der Waals surface area contributed by atoms with Crippen molar-refractivity contribution < 1.29 is 14.3 Å². The molecule has 2 bridgehead atoms. The molecule has 0 aromatic carbocycles. The first kappa shape index (κ1) is 18.9. The van der Waals surface area contributed by atoms with Crippen LogP contribution in [0.1, 0.15) is 26.0 Å². The van der Waals surface area contributed by atoms with Gasteiger partial charge < -0.3 is 19.5 Å². The van der Waals surface area contributed by atoms with Gasteiger partial charge in [0.1, 0.15) is 5.60 Å². The van der Waals surface area contributed by atoms with E-state index in [9.17, 15) is 14.4 Å². The molecule has 2 amide bonds. The van der Waals surface area contributed by atoms with E-state index in [2.05, 4.69) is 5.32 Å². The highest BCUT2D eigenvalue weighted by molar-refractivity contribution is 5.93. The average Bonchev–Trinajstić information content (AvgIpc) is 3.29. The molecule has 7 nitrogen and oxygen atoms in total. The van der Waals surface area contributed by atoms with Crippen LogP contribution in [0.15, 0.2) is 35.1 Å². The Morgan fingerprint density at radius 1 is 1.36 bits per heavy atom. The Kier molecular flexibility index (Phi) is 4.65. The van der Waals surface area contributed by atoms with Gasteiger partial charge in [-0.2, -0.15) is 0 Å². The fourth-order valence-electron chi connectivity index (χ4n) is 4.74. The highest BCUT2D eigenvalue weighted by atomic mass is 16.5. The zero-order chi connectivity index (χ0) is 20.1. The number of ether oxygens (including phenoxy) is 1. The number of hydrogen-bond donors (Lipinski definition) is 1. The van der Waals surface area contributed by atoms with Crippen molar-refractivity contribution in [3.05, 3.63) is 46.4 Å². The van der Waals surface area contributed by atoms with Crippen LogP contribution in [0.4, 0.5) is 0 Å². The van der Waals surface area contributed by atoms with Gasteiger partial charge in [0.25, 0.3) is 5.56 Å². The highest BCUT2D eigenvalue weighted by Crippen LogP contribution is 2.52. The Hall–Kier alpha value is -2.41. The number of likely N-dealkylation sites (tertiary alicyclic amines) is 1. The molecule has 2 fully saturated rings. The van der Waals surface area contributed by atoms with Crippen molar-refractivity contribution >= 4 is 11.8 Å². The maximum absolute atomic E-state index is 12.9. The number of aryl methyl sites for hydroxylation is 1. The van der Waals surface area contributed by atoms with Crippen molar-refractivity contribution in [3.8, 4) is 0 Å². The Balaban J connectivity index is 1.39. The van der Waals surface area contributed by atoms with E-state index in [0.717, 1.165) is 5.69 Å². The predicted molar refractivity (Wildman–Crippen MR) is 104 cm³/mol. The first-order valence-corrected chi connectivity index (χ1v) is 9.96. The zero-order valence-electron chi connectivity index (χ0n) is 16.6. The molecule has 0 aliphatic carbocycles. The molecule has 28 heavy (non-hydrogen) atoms. The van der Waals surface area contributed by atoms with E-state index >= 15 is 0 Å². The number of nitrogens with one attached hydrogen (secondary N) is 1. The number of nitrogens with zero attached hydrogens (tertiary/aromatic N) is 2. The van der Waals surface area contributed by atoms with E-state index in [4.69, 9.17) is 4.74 Å². The Morgan fingerprint density at radius 3 is 2.86 bits per heavy atom. The van der Waals surface area contributed by atoms with Crippen LogP contribution in [0, 0.1) is 18.8 Å². The third-order valence-corrected chi connectivity index (χ3v) is 6.18. The number of amides is 2. The van der Waals surface area contributed by atoms with E-state index in [-0.39, 0.29) is 29.5 Å². The summed E-state index contributed by atoms with van der Waals surface area (Å²) in [6.45, 7) is 7.37. The van der Waals surface area contributed by atoms with Crippen LogP contribution in [-0.4, -0.2) is 52.1 Å². The molecule has 150 valence electrons. The topological polar surface area (TPSA) is 80.6 Å². The second kappa shape index (κ2) is 6.88. The maximum atomic E-state index is 12.9. The van der Waals surface area contributed by atoms with Crippen molar-refractivity contribution in [1.82, 2.24) is 14.8 Å². The smallest absolute Gasteiger partial charge is 0.250 e. The lowest BCUT2D eigenvalue weighted by Crippen LogP contribution is -2.44. The number of carbonyl (C=O) groups is 2. The SMILES string of the molecule is Cc1cccc(=O)n1CCCNC(=O)[C@H]1[C@@H]2C=C[C@@]3(CN(C(C)C)C(=O)[C@@H]13)O2. The second-order valence-electron chi connectivity index (χ2n) is 8.26. The van der Waals surface area contributed by atoms with Gasteiger partial charge in [-0.05, 0) is 33.3 Å². The van der Waals surface area contributed by atoms with Gasteiger partial charge in [-0.25, -0.2) is 0 Å². The molecule has 7 heteroatoms. The van der Waals surface area contributed by atoms with Crippen molar-refractivity contribution in [3.63, 3.8) is 0 Å². The molecule has 4 rings (SSSR count). The van der Waals surface area contributed by atoms with Crippen molar-refractivity contribution in [2.45, 2.75) is 51.5 Å². The summed E-state index contributed by atoms with van der Waals surface area (Å²) >= 11 is 0. The van der Waals surface area contributed by atoms with Crippen LogP contribution in [0.2, 0.25) is 0 Å². The van der Waals surface area contributed by atoms with Gasteiger partial charge in [0.05, 0.1) is 24.5 Å². The van der Waals surface area contributed by atoms with Crippen molar-refractivity contribution in [1.29, 1.82) is 0 Å². The lowest BCUT2D eigenvalue weighted by atomic mass is 9.77. The molecule has 3 aliphatic rings. The zero-order valence-corrected chi connectivity index (χ0v) is 16.6. The molecule has 1 spiro atoms. The van der Waals surface area contributed by atoms with E-state index < -0.39 is 17.4 Å². The predicted octanol–water partition coefficient (Wildman–Crippen LogP) is 0.853. The third-order valence-electron chi connectivity index (χ3n) is 6.18. The number of carbonyl (C=O) groups excluding carboxylic acids is 2. The molecule has 1 N–H and O–H groups in total. The summed E-state index contributed by atoms with van der Waals surface area (Å²) in [5, 5.41) is 2.95. The lowest BCUT2D eigenvalue weighted by Gasteiger charge is -2.24. The molecule has 1 aromatic rings. The summed E-state index contributed by atoms with van der Waals surface area (Å²) in [6.07, 6.45) is 4.20. The van der Waals surface area contributed by atoms with Crippen molar-refractivity contribution in [2.75, 3.05) is 13.1 Å². The van der Waals surface area contributed by atoms with Gasteiger partial charge >= 0.3 is 0 Å². The molecular weight excluding hydrogens is 358 g/mol. The first-order valence-electron chi connectivity index (χ1n) is 9.96. The minimum atomic E-state index is -0.650. The Labute approximate surface area is 164 Å². The lowest BCUT2D eigenvalue weighted by molar-refractivity contribution is -0.138. The monoisotopic (exact) mass is 385 g/mol. The van der Waals surface area contributed by atoms with Crippen LogP contribution in [-0.2, 0) is 20.9 Å². The van der Waals surface area contributed by atoms with Crippen LogP contribution in [0.5, 0.6) is 0 Å². The van der Waals surface area contributed by atoms with Gasteiger partial charge in [-0.1, -0.05) is 18.2 Å². The maximum Gasteiger partial charge on any atom is 0.250 e. The molecule has 0 unspecified atom stereocenters. The van der Waals surface area contributed by atoms with Crippen LogP contribution < -0.4 is 10.9 Å². The summed E-state index contributed by atoms with van der Waals surface area (Å²) in [5.74, 6) is -1.06. The molecule has 4 atom stereocenters. The molecule has 0 radical (unpaired) electrons. The third kappa shape index (κ3) is 2.89. The fraction of sp³-hybridized carbons (Fsp3) is 0.571. The quantitative estimate of drug-likeness (QED) is 0.582. The largest absolute Gasteiger partial charge is 0.360 e. The molecular formula is C21H27N3O4. The van der Waals surface area contributed by atoms with E-state index in [1.807, 2.05) is 39.0 Å². The number of hydrogen-bond acceptors (Lipinski definition) is 4. The highest BCUT2D eigenvalue weighted by Gasteiger charge is 2.66. The number of rotatable bonds is 6. The average molecular weight is 385 g/mol. The van der Waals surface area contributed by atoms with Gasteiger partial charge in [0.2, 0.25) is 11.8 Å². The number of aromatic nitrogens is 1. The molecule has 0 saturated carbocycles. The minimum absolute atomic E-state index is 0.00784. The Morgan fingerprint density at radius 2 is 2.14 bits per heavy atom. The van der Waals surface area contributed by atoms with Crippen LogP contribution >= 0.6 is 0 Å². The van der Waals surface area contributed by atoms with Gasteiger partial charge in [0.15, 0.2) is 0 Å². The summed E-state index contributed by atoms with van der Waals surface area (Å²) in [5.41, 5.74) is 0.214. The molecule has 2 saturated heterocycles. The minimum Gasteiger partial charge on any atom is -0.360 e. The number of pyridine rings is 1. The van der Waals surface area contributed by atoms with Crippen molar-refractivity contribution in [2.24, 2.45) is 11.8 Å². The fourth-order valence-corrected chi connectivity index (χ4v) is 4.74. The van der Waals surface area contributed by atoms with Gasteiger partial charge in [-0.3, -0.25) is 14.4 Å². The standard InChI is InChI=1S/C21H27N3O4/c1-13(2)24-12-21-9-8-15(28-21)17(18(21)20(24)27)19(26)22-10-5-11-23-14(3)6-4-7-16(23)25/h4,6-9,13,15,17-18H,5,10-12H2,1-3H3,(H,22,26)/t15-,17-,18+,21-/m0/s1. The number of fused-ring (bicyclic) bond motifs is 1. The van der Waals surface area contributed by atoms with Gasteiger partial charge in [0, 0.05) is 30.9 Å². The van der Waals surface area contributed by atoms with Crippen LogP contribution in [0.3, 0.4) is 0 Å². The Bertz CT molecular complexity index is 890.